The number of nitrogens with one attached hydrogen (secondary N) is 2. The second kappa shape index (κ2) is 10.1. The Balaban J connectivity index is 1.83. The van der Waals surface area contributed by atoms with Gasteiger partial charge < -0.3 is 15.5 Å². The minimum absolute atomic E-state index is 0.173. The first-order valence-electron chi connectivity index (χ1n) is 8.59. The lowest BCUT2D eigenvalue weighted by Crippen LogP contribution is -2.37. The topological polar surface area (TPSA) is 39.7 Å². The van der Waals surface area contributed by atoms with Crippen LogP contribution in [0.1, 0.15) is 16.7 Å². The molecule has 0 radical (unpaired) electrons. The summed E-state index contributed by atoms with van der Waals surface area (Å²) >= 11 is 5.90. The summed E-state index contributed by atoms with van der Waals surface area (Å²) in [6.45, 7) is 1.92. The summed E-state index contributed by atoms with van der Waals surface area (Å²) < 4.78 is 13.9. The minimum atomic E-state index is -0.173. The van der Waals surface area contributed by atoms with Crippen molar-refractivity contribution in [2.24, 2.45) is 4.99 Å². The van der Waals surface area contributed by atoms with Crippen molar-refractivity contribution in [2.45, 2.75) is 19.5 Å². The van der Waals surface area contributed by atoms with E-state index in [2.05, 4.69) is 15.6 Å². The van der Waals surface area contributed by atoms with Crippen LogP contribution in [0.3, 0.4) is 0 Å². The van der Waals surface area contributed by atoms with Crippen LogP contribution in [0.4, 0.5) is 4.39 Å². The molecule has 0 aliphatic rings. The number of rotatable bonds is 7. The molecule has 2 rings (SSSR count). The third-order valence-corrected chi connectivity index (χ3v) is 4.15. The maximum atomic E-state index is 13.9. The van der Waals surface area contributed by atoms with E-state index in [4.69, 9.17) is 11.6 Å². The van der Waals surface area contributed by atoms with Gasteiger partial charge in [-0.3, -0.25) is 4.99 Å². The fourth-order valence-corrected chi connectivity index (χ4v) is 2.71. The van der Waals surface area contributed by atoms with Crippen LogP contribution in [0.15, 0.2) is 47.5 Å². The zero-order valence-corrected chi connectivity index (χ0v) is 16.3. The molecule has 0 unspecified atom stereocenters. The Kier molecular flexibility index (Phi) is 7.88. The van der Waals surface area contributed by atoms with Crippen LogP contribution in [-0.2, 0) is 19.5 Å². The Labute approximate surface area is 160 Å². The molecule has 26 heavy (non-hydrogen) atoms. The highest BCUT2D eigenvalue weighted by Gasteiger charge is 2.06. The standard InChI is InChI=1S/C20H26ClFN4/c1-23-20(24-11-10-15-4-7-18(21)8-5-15)25-13-16-6-9-19(22)17(12-16)14-26(2)3/h4-9,12H,10-11,13-14H2,1-3H3,(H2,23,24,25). The van der Waals surface area contributed by atoms with Gasteiger partial charge in [-0.2, -0.15) is 0 Å². The molecule has 0 saturated heterocycles. The fraction of sp³-hybridized carbons (Fsp3) is 0.350. The van der Waals surface area contributed by atoms with Crippen LogP contribution < -0.4 is 10.6 Å². The first-order chi connectivity index (χ1) is 12.5. The molecule has 0 aliphatic heterocycles. The fourth-order valence-electron chi connectivity index (χ4n) is 2.58. The maximum absolute atomic E-state index is 13.9. The number of guanidine groups is 1. The third-order valence-electron chi connectivity index (χ3n) is 3.90. The molecule has 140 valence electrons. The van der Waals surface area contributed by atoms with Gasteiger partial charge in [0.1, 0.15) is 5.82 Å². The molecule has 0 heterocycles. The monoisotopic (exact) mass is 376 g/mol. The third kappa shape index (κ3) is 6.65. The van der Waals surface area contributed by atoms with Crippen molar-refractivity contribution in [3.63, 3.8) is 0 Å². The van der Waals surface area contributed by atoms with E-state index in [1.807, 2.05) is 49.3 Å². The number of aliphatic imine (C=N–C) groups is 1. The average molecular weight is 377 g/mol. The summed E-state index contributed by atoms with van der Waals surface area (Å²) in [5, 5.41) is 7.29. The lowest BCUT2D eigenvalue weighted by Gasteiger charge is -2.14. The van der Waals surface area contributed by atoms with Crippen molar-refractivity contribution in [1.82, 2.24) is 15.5 Å². The second-order valence-corrected chi connectivity index (χ2v) is 6.83. The van der Waals surface area contributed by atoms with Crippen LogP contribution >= 0.6 is 11.6 Å². The van der Waals surface area contributed by atoms with E-state index >= 15 is 0 Å². The van der Waals surface area contributed by atoms with Crippen molar-refractivity contribution in [1.29, 1.82) is 0 Å². The normalized spacial score (nSPS) is 11.7. The minimum Gasteiger partial charge on any atom is -0.356 e. The van der Waals surface area contributed by atoms with E-state index in [1.54, 1.807) is 13.1 Å². The molecular weight excluding hydrogens is 351 g/mol. The van der Waals surface area contributed by atoms with Crippen LogP contribution in [0.2, 0.25) is 5.02 Å². The summed E-state index contributed by atoms with van der Waals surface area (Å²) in [5.74, 6) is 0.547. The van der Waals surface area contributed by atoms with E-state index in [0.717, 1.165) is 29.5 Å². The number of hydrogen-bond acceptors (Lipinski definition) is 2. The Hall–Kier alpha value is -2.11. The van der Waals surface area contributed by atoms with Crippen LogP contribution in [0, 0.1) is 5.82 Å². The van der Waals surface area contributed by atoms with Crippen molar-refractivity contribution < 1.29 is 4.39 Å². The molecule has 0 saturated carbocycles. The average Bonchev–Trinajstić information content (AvgIpc) is 2.61. The first kappa shape index (κ1) is 20.2. The molecule has 2 N–H and O–H groups in total. The maximum Gasteiger partial charge on any atom is 0.191 e. The van der Waals surface area contributed by atoms with Gasteiger partial charge in [0.05, 0.1) is 0 Å². The Morgan fingerprint density at radius 1 is 1.08 bits per heavy atom. The number of benzene rings is 2. The lowest BCUT2D eigenvalue weighted by atomic mass is 10.1. The van der Waals surface area contributed by atoms with Crippen LogP contribution in [0.25, 0.3) is 0 Å². The molecule has 0 aliphatic carbocycles. The van der Waals surface area contributed by atoms with Crippen molar-refractivity contribution in [3.05, 3.63) is 70.0 Å². The van der Waals surface area contributed by atoms with Crippen LogP contribution in [0.5, 0.6) is 0 Å². The van der Waals surface area contributed by atoms with E-state index in [0.29, 0.717) is 18.7 Å². The molecule has 0 aromatic heterocycles. The summed E-state index contributed by atoms with van der Waals surface area (Å²) in [7, 11) is 5.59. The number of hydrogen-bond donors (Lipinski definition) is 2. The van der Waals surface area contributed by atoms with Gasteiger partial charge in [0.2, 0.25) is 0 Å². The van der Waals surface area contributed by atoms with Crippen molar-refractivity contribution in [2.75, 3.05) is 27.7 Å². The molecule has 0 amide bonds. The molecule has 0 atom stereocenters. The summed E-state index contributed by atoms with van der Waals surface area (Å²) in [6, 6.07) is 13.0. The predicted octanol–water partition coefficient (Wildman–Crippen LogP) is 3.45. The van der Waals surface area contributed by atoms with Crippen molar-refractivity contribution >= 4 is 17.6 Å². The summed E-state index contributed by atoms with van der Waals surface area (Å²) in [6.07, 6.45) is 0.876. The Bertz CT molecular complexity index is 729. The predicted molar refractivity (Wildman–Crippen MR) is 107 cm³/mol. The van der Waals surface area contributed by atoms with Gasteiger partial charge in [0.25, 0.3) is 0 Å². The molecule has 2 aromatic carbocycles. The number of nitrogens with zero attached hydrogens (tertiary/aromatic N) is 2. The lowest BCUT2D eigenvalue weighted by molar-refractivity contribution is 0.392. The SMILES string of the molecule is CN=C(NCCc1ccc(Cl)cc1)NCc1ccc(F)c(CN(C)C)c1. The highest BCUT2D eigenvalue weighted by atomic mass is 35.5. The molecule has 0 spiro atoms. The van der Waals surface area contributed by atoms with Gasteiger partial charge in [-0.1, -0.05) is 29.8 Å². The molecule has 0 bridgehead atoms. The largest absolute Gasteiger partial charge is 0.356 e. The molecular formula is C20H26ClFN4. The van der Waals surface area contributed by atoms with Crippen LogP contribution in [-0.4, -0.2) is 38.5 Å². The van der Waals surface area contributed by atoms with Gasteiger partial charge >= 0.3 is 0 Å². The molecule has 6 heteroatoms. The van der Waals surface area contributed by atoms with Gasteiger partial charge in [-0.15, -0.1) is 0 Å². The highest BCUT2D eigenvalue weighted by Crippen LogP contribution is 2.12. The van der Waals surface area contributed by atoms with Gasteiger partial charge in [-0.05, 0) is 55.9 Å². The van der Waals surface area contributed by atoms with Gasteiger partial charge in [0.15, 0.2) is 5.96 Å². The molecule has 2 aromatic rings. The summed E-state index contributed by atoms with van der Waals surface area (Å²) in [4.78, 5) is 6.18. The number of halogens is 2. The summed E-state index contributed by atoms with van der Waals surface area (Å²) in [5.41, 5.74) is 2.92. The second-order valence-electron chi connectivity index (χ2n) is 6.39. The van der Waals surface area contributed by atoms with Gasteiger partial charge in [-0.25, -0.2) is 4.39 Å². The molecule has 0 fully saturated rings. The van der Waals surface area contributed by atoms with Crippen molar-refractivity contribution in [3.8, 4) is 0 Å². The van der Waals surface area contributed by atoms with E-state index in [9.17, 15) is 4.39 Å². The zero-order chi connectivity index (χ0) is 18.9. The first-order valence-corrected chi connectivity index (χ1v) is 8.96. The highest BCUT2D eigenvalue weighted by molar-refractivity contribution is 6.30. The van der Waals surface area contributed by atoms with E-state index in [1.165, 1.54) is 11.6 Å². The quantitative estimate of drug-likeness (QED) is 0.574. The smallest absolute Gasteiger partial charge is 0.191 e. The van der Waals surface area contributed by atoms with E-state index in [-0.39, 0.29) is 5.82 Å². The van der Waals surface area contributed by atoms with Gasteiger partial charge in [0, 0.05) is 37.3 Å². The van der Waals surface area contributed by atoms with E-state index < -0.39 is 0 Å². The molecule has 4 nitrogen and oxygen atoms in total. The Morgan fingerprint density at radius 2 is 1.77 bits per heavy atom. The Morgan fingerprint density at radius 3 is 2.42 bits per heavy atom. The zero-order valence-electron chi connectivity index (χ0n) is 15.5.